The second kappa shape index (κ2) is 10.2. The van der Waals surface area contributed by atoms with Crippen LogP contribution in [0.4, 0.5) is 0 Å². The molecule has 3 aromatic rings. The van der Waals surface area contributed by atoms with Crippen LogP contribution < -0.4 is 0 Å². The minimum absolute atomic E-state index is 0.00657. The van der Waals surface area contributed by atoms with Crippen LogP contribution in [-0.4, -0.2) is 55.4 Å². The number of aromatic amines is 1. The summed E-state index contributed by atoms with van der Waals surface area (Å²) in [4.78, 5) is 47.4. The van der Waals surface area contributed by atoms with Crippen LogP contribution in [0, 0.1) is 20.8 Å². The van der Waals surface area contributed by atoms with Crippen molar-refractivity contribution in [3.63, 3.8) is 0 Å². The highest BCUT2D eigenvalue weighted by Gasteiger charge is 2.46. The van der Waals surface area contributed by atoms with E-state index in [2.05, 4.69) is 9.97 Å². The fraction of sp³-hybridized carbons (Fsp3) is 0.333. The van der Waals surface area contributed by atoms with E-state index in [0.717, 1.165) is 11.1 Å². The van der Waals surface area contributed by atoms with Crippen molar-refractivity contribution >= 4 is 23.4 Å². The first-order chi connectivity index (χ1) is 17.2. The second-order valence-corrected chi connectivity index (χ2v) is 8.90. The largest absolute Gasteiger partial charge is 0.507 e. The number of imidazole rings is 1. The lowest BCUT2D eigenvalue weighted by atomic mass is 9.93. The third-order valence-electron chi connectivity index (χ3n) is 6.46. The SMILES string of the molecule is CCOC(=O)c1[nH]c(C)c(/C(O)=C2/C(=O)C(=O)N(CCCn3ccnc3)C2c2ccc(C)cc2)c1C. The Hall–Kier alpha value is -4.14. The topological polar surface area (TPSA) is 118 Å². The molecule has 0 radical (unpaired) electrons. The Morgan fingerprint density at radius 2 is 1.86 bits per heavy atom. The van der Waals surface area contributed by atoms with Crippen molar-refractivity contribution in [2.45, 2.75) is 46.7 Å². The Labute approximate surface area is 209 Å². The molecule has 1 unspecified atom stereocenters. The highest BCUT2D eigenvalue weighted by Crippen LogP contribution is 2.41. The van der Waals surface area contributed by atoms with Gasteiger partial charge in [0.25, 0.3) is 11.7 Å². The van der Waals surface area contributed by atoms with Gasteiger partial charge in [-0.3, -0.25) is 9.59 Å². The molecule has 0 saturated carbocycles. The van der Waals surface area contributed by atoms with Crippen molar-refractivity contribution < 1.29 is 24.2 Å². The fourth-order valence-corrected chi connectivity index (χ4v) is 4.70. The van der Waals surface area contributed by atoms with E-state index in [4.69, 9.17) is 4.74 Å². The Kier molecular flexibility index (Phi) is 7.10. The molecular formula is C27H30N4O5. The molecule has 0 spiro atoms. The van der Waals surface area contributed by atoms with Gasteiger partial charge in [0.05, 0.1) is 24.5 Å². The number of hydrogen-bond donors (Lipinski definition) is 2. The molecule has 1 saturated heterocycles. The molecule has 1 amide bonds. The summed E-state index contributed by atoms with van der Waals surface area (Å²) in [6.07, 6.45) is 5.82. The molecule has 1 aliphatic rings. The molecule has 1 fully saturated rings. The van der Waals surface area contributed by atoms with Gasteiger partial charge in [-0.1, -0.05) is 29.8 Å². The summed E-state index contributed by atoms with van der Waals surface area (Å²) < 4.78 is 7.01. The van der Waals surface area contributed by atoms with E-state index in [0.29, 0.717) is 36.3 Å². The Bertz CT molecular complexity index is 1320. The van der Waals surface area contributed by atoms with Gasteiger partial charge in [-0.15, -0.1) is 0 Å². The van der Waals surface area contributed by atoms with Gasteiger partial charge in [0.1, 0.15) is 11.5 Å². The van der Waals surface area contributed by atoms with Crippen molar-refractivity contribution in [1.82, 2.24) is 19.4 Å². The van der Waals surface area contributed by atoms with Crippen LogP contribution in [-0.2, 0) is 20.9 Å². The smallest absolute Gasteiger partial charge is 0.355 e. The van der Waals surface area contributed by atoms with E-state index in [-0.39, 0.29) is 23.6 Å². The molecule has 2 N–H and O–H groups in total. The Balaban J connectivity index is 1.78. The van der Waals surface area contributed by atoms with Gasteiger partial charge in [-0.05, 0) is 45.2 Å². The van der Waals surface area contributed by atoms with E-state index in [1.165, 1.54) is 4.90 Å². The van der Waals surface area contributed by atoms with Crippen LogP contribution in [0.1, 0.15) is 57.8 Å². The number of H-pyrrole nitrogens is 1. The number of aliphatic hydroxyl groups excluding tert-OH is 1. The molecule has 2 aromatic heterocycles. The molecule has 1 atom stereocenters. The zero-order valence-corrected chi connectivity index (χ0v) is 20.9. The Morgan fingerprint density at radius 3 is 2.50 bits per heavy atom. The average molecular weight is 491 g/mol. The number of aromatic nitrogens is 3. The number of esters is 1. The van der Waals surface area contributed by atoms with Crippen molar-refractivity contribution in [1.29, 1.82) is 0 Å². The predicted octanol–water partition coefficient (Wildman–Crippen LogP) is 3.83. The summed E-state index contributed by atoms with van der Waals surface area (Å²) in [5.41, 5.74) is 3.25. The van der Waals surface area contributed by atoms with Gasteiger partial charge in [0.2, 0.25) is 0 Å². The van der Waals surface area contributed by atoms with Crippen LogP contribution >= 0.6 is 0 Å². The van der Waals surface area contributed by atoms with Crippen molar-refractivity contribution in [2.24, 2.45) is 0 Å². The lowest BCUT2D eigenvalue weighted by molar-refractivity contribution is -0.139. The van der Waals surface area contributed by atoms with Crippen LogP contribution in [0.25, 0.3) is 5.76 Å². The number of ether oxygens (including phenoxy) is 1. The van der Waals surface area contributed by atoms with E-state index in [9.17, 15) is 19.5 Å². The number of benzene rings is 1. The first-order valence-corrected chi connectivity index (χ1v) is 11.9. The third kappa shape index (κ3) is 4.56. The Morgan fingerprint density at radius 1 is 1.14 bits per heavy atom. The van der Waals surface area contributed by atoms with Crippen molar-refractivity contribution in [2.75, 3.05) is 13.2 Å². The molecule has 36 heavy (non-hydrogen) atoms. The lowest BCUT2D eigenvalue weighted by Crippen LogP contribution is -2.31. The molecule has 0 aliphatic carbocycles. The molecule has 9 heteroatoms. The molecule has 1 aromatic carbocycles. The third-order valence-corrected chi connectivity index (χ3v) is 6.46. The first kappa shape index (κ1) is 25.0. The van der Waals surface area contributed by atoms with E-state index >= 15 is 0 Å². The zero-order chi connectivity index (χ0) is 26.0. The maximum atomic E-state index is 13.3. The number of ketones is 1. The standard InChI is InChI=1S/C27H30N4O5/c1-5-36-27(35)22-17(3)20(18(4)29-22)24(32)21-23(19-9-7-16(2)8-10-19)31(26(34)25(21)33)13-6-12-30-14-11-28-15-30/h7-11,14-15,23,29,32H,5-6,12-13H2,1-4H3/b24-21-. The van der Waals surface area contributed by atoms with E-state index < -0.39 is 23.7 Å². The molecule has 188 valence electrons. The number of likely N-dealkylation sites (tertiary alicyclic amines) is 1. The molecular weight excluding hydrogens is 460 g/mol. The number of aliphatic hydroxyl groups is 1. The summed E-state index contributed by atoms with van der Waals surface area (Å²) in [6, 6.07) is 6.79. The van der Waals surface area contributed by atoms with Gasteiger partial charge in [-0.25, -0.2) is 9.78 Å². The van der Waals surface area contributed by atoms with Gasteiger partial charge >= 0.3 is 5.97 Å². The van der Waals surface area contributed by atoms with Gasteiger partial charge in [-0.2, -0.15) is 0 Å². The normalized spacial score (nSPS) is 17.1. The van der Waals surface area contributed by atoms with Crippen LogP contribution in [0.3, 0.4) is 0 Å². The highest BCUT2D eigenvalue weighted by atomic mass is 16.5. The average Bonchev–Trinajstić information content (AvgIpc) is 3.53. The summed E-state index contributed by atoms with van der Waals surface area (Å²) >= 11 is 0. The first-order valence-electron chi connectivity index (χ1n) is 11.9. The predicted molar refractivity (Wildman–Crippen MR) is 133 cm³/mol. The van der Waals surface area contributed by atoms with E-state index in [1.807, 2.05) is 42.0 Å². The summed E-state index contributed by atoms with van der Waals surface area (Å²) in [5, 5.41) is 11.5. The molecule has 4 rings (SSSR count). The minimum Gasteiger partial charge on any atom is -0.507 e. The highest BCUT2D eigenvalue weighted by molar-refractivity contribution is 6.46. The number of carbonyl (C=O) groups excluding carboxylic acids is 3. The fourth-order valence-electron chi connectivity index (χ4n) is 4.70. The number of rotatable bonds is 8. The summed E-state index contributed by atoms with van der Waals surface area (Å²) in [5.74, 6) is -2.27. The summed E-state index contributed by atoms with van der Waals surface area (Å²) in [7, 11) is 0. The quantitative estimate of drug-likeness (QED) is 0.215. The van der Waals surface area contributed by atoms with Gasteiger partial charge < -0.3 is 24.3 Å². The number of aryl methyl sites for hydroxylation is 3. The maximum absolute atomic E-state index is 13.3. The minimum atomic E-state index is -0.756. The second-order valence-electron chi connectivity index (χ2n) is 8.90. The summed E-state index contributed by atoms with van der Waals surface area (Å²) in [6.45, 7) is 8.18. The van der Waals surface area contributed by atoms with Gasteiger partial charge in [0.15, 0.2) is 0 Å². The number of amides is 1. The molecule has 1 aliphatic heterocycles. The van der Waals surface area contributed by atoms with Crippen molar-refractivity contribution in [3.05, 3.63) is 82.2 Å². The number of carbonyl (C=O) groups is 3. The van der Waals surface area contributed by atoms with Crippen molar-refractivity contribution in [3.8, 4) is 0 Å². The number of nitrogens with zero attached hydrogens (tertiary/aromatic N) is 3. The van der Waals surface area contributed by atoms with Gasteiger partial charge in [0, 0.05) is 36.7 Å². The number of hydrogen-bond acceptors (Lipinski definition) is 6. The van der Waals surface area contributed by atoms with E-state index in [1.54, 1.807) is 33.3 Å². The molecule has 9 nitrogen and oxygen atoms in total. The van der Waals surface area contributed by atoms with Crippen LogP contribution in [0.2, 0.25) is 0 Å². The maximum Gasteiger partial charge on any atom is 0.355 e. The van der Waals surface area contributed by atoms with Crippen LogP contribution in [0.15, 0.2) is 48.6 Å². The number of nitrogens with one attached hydrogen (secondary N) is 1. The molecule has 0 bridgehead atoms. The monoisotopic (exact) mass is 490 g/mol. The van der Waals surface area contributed by atoms with Crippen LogP contribution in [0.5, 0.6) is 0 Å². The molecule has 3 heterocycles. The zero-order valence-electron chi connectivity index (χ0n) is 20.9. The lowest BCUT2D eigenvalue weighted by Gasteiger charge is -2.25. The number of Topliss-reactive ketones (excluding diaryl/α,β-unsaturated/α-hetero) is 1.